The first-order valence-corrected chi connectivity index (χ1v) is 5.19. The van der Waals surface area contributed by atoms with E-state index in [9.17, 15) is 0 Å². The molecule has 0 aliphatic heterocycles. The van der Waals surface area contributed by atoms with Crippen LogP contribution in [0, 0.1) is 0 Å². The predicted molar refractivity (Wildman–Crippen MR) is 54.6 cm³/mol. The van der Waals surface area contributed by atoms with Crippen molar-refractivity contribution in [1.82, 2.24) is 14.6 Å². The molecule has 0 atom stereocenters. The van der Waals surface area contributed by atoms with Gasteiger partial charge in [0.2, 0.25) is 0 Å². The molecule has 0 amide bonds. The van der Waals surface area contributed by atoms with E-state index in [0.717, 1.165) is 5.16 Å². The lowest BCUT2D eigenvalue weighted by atomic mass is 9.82. The van der Waals surface area contributed by atoms with E-state index in [4.69, 9.17) is 10.0 Å². The maximum absolute atomic E-state index is 8.98. The first-order valence-electron chi connectivity index (χ1n) is 3.97. The summed E-state index contributed by atoms with van der Waals surface area (Å²) < 4.78 is 1.72. The van der Waals surface area contributed by atoms with Gasteiger partial charge in [-0.25, -0.2) is 0 Å². The number of thioether (sulfide) groups is 1. The van der Waals surface area contributed by atoms with Gasteiger partial charge >= 0.3 is 7.12 Å². The third-order valence-corrected chi connectivity index (χ3v) is 2.52. The lowest BCUT2D eigenvalue weighted by Gasteiger charge is -2.00. The second kappa shape index (κ2) is 3.60. The number of aromatic nitrogens is 3. The fourth-order valence-corrected chi connectivity index (χ4v) is 1.64. The second-order valence-electron chi connectivity index (χ2n) is 2.75. The Balaban J connectivity index is 2.61. The van der Waals surface area contributed by atoms with Crippen LogP contribution in [0.4, 0.5) is 0 Å². The minimum absolute atomic E-state index is 0.424. The molecule has 0 spiro atoms. The second-order valence-corrected chi connectivity index (χ2v) is 3.52. The van der Waals surface area contributed by atoms with Crippen LogP contribution in [-0.4, -0.2) is 38.0 Å². The Bertz CT molecular complexity index is 459. The van der Waals surface area contributed by atoms with Gasteiger partial charge < -0.3 is 10.0 Å². The van der Waals surface area contributed by atoms with Crippen molar-refractivity contribution in [2.24, 2.45) is 0 Å². The maximum Gasteiger partial charge on any atom is 0.489 e. The van der Waals surface area contributed by atoms with Crippen LogP contribution in [0.2, 0.25) is 0 Å². The molecule has 2 N–H and O–H groups in total. The topological polar surface area (TPSA) is 70.7 Å². The van der Waals surface area contributed by atoms with Gasteiger partial charge in [0, 0.05) is 6.20 Å². The SMILES string of the molecule is CSc1nnc2ccc(B(O)O)cn12. The molecule has 0 saturated carbocycles. The van der Waals surface area contributed by atoms with E-state index < -0.39 is 7.12 Å². The minimum atomic E-state index is -1.46. The van der Waals surface area contributed by atoms with Crippen LogP contribution in [-0.2, 0) is 0 Å². The molecule has 14 heavy (non-hydrogen) atoms. The third-order valence-electron chi connectivity index (χ3n) is 1.87. The van der Waals surface area contributed by atoms with Crippen LogP contribution in [0.5, 0.6) is 0 Å². The van der Waals surface area contributed by atoms with Crippen LogP contribution >= 0.6 is 11.8 Å². The molecule has 0 unspecified atom stereocenters. The Morgan fingerprint density at radius 1 is 1.36 bits per heavy atom. The van der Waals surface area contributed by atoms with Gasteiger partial charge in [0.25, 0.3) is 0 Å². The Hall–Kier alpha value is -1.05. The van der Waals surface area contributed by atoms with Crippen molar-refractivity contribution in [2.75, 3.05) is 6.26 Å². The molecule has 2 rings (SSSR count). The van der Waals surface area contributed by atoms with Crippen LogP contribution in [0.1, 0.15) is 0 Å². The lowest BCUT2D eigenvalue weighted by Crippen LogP contribution is -2.30. The summed E-state index contributed by atoms with van der Waals surface area (Å²) in [6.45, 7) is 0. The van der Waals surface area contributed by atoms with Gasteiger partial charge in [-0.05, 0) is 17.8 Å². The molecule has 0 aliphatic carbocycles. The summed E-state index contributed by atoms with van der Waals surface area (Å²) >= 11 is 1.45. The molecule has 2 aromatic rings. The fraction of sp³-hybridized carbons (Fsp3) is 0.143. The Kier molecular flexibility index (Phi) is 2.45. The maximum atomic E-state index is 8.98. The quantitative estimate of drug-likeness (QED) is 0.497. The summed E-state index contributed by atoms with van der Waals surface area (Å²) in [6.07, 6.45) is 3.50. The van der Waals surface area contributed by atoms with E-state index in [1.54, 1.807) is 22.7 Å². The average Bonchev–Trinajstić information content (AvgIpc) is 2.59. The van der Waals surface area contributed by atoms with Crippen molar-refractivity contribution in [3.8, 4) is 0 Å². The van der Waals surface area contributed by atoms with E-state index in [1.807, 2.05) is 6.26 Å². The molecule has 0 saturated heterocycles. The number of nitrogens with zero attached hydrogens (tertiary/aromatic N) is 3. The highest BCUT2D eigenvalue weighted by Gasteiger charge is 2.13. The molecule has 7 heteroatoms. The number of hydrogen-bond donors (Lipinski definition) is 2. The standard InChI is InChI=1S/C7H8BN3O2S/c1-14-7-10-9-6-3-2-5(8(12)13)4-11(6)7/h2-4,12-13H,1H3. The first kappa shape index (κ1) is 9.51. The highest BCUT2D eigenvalue weighted by Crippen LogP contribution is 2.11. The third kappa shape index (κ3) is 1.49. The van der Waals surface area contributed by atoms with Crippen LogP contribution in [0.3, 0.4) is 0 Å². The summed E-state index contributed by atoms with van der Waals surface area (Å²) in [7, 11) is -1.46. The van der Waals surface area contributed by atoms with E-state index in [1.165, 1.54) is 11.8 Å². The highest BCUT2D eigenvalue weighted by atomic mass is 32.2. The summed E-state index contributed by atoms with van der Waals surface area (Å²) in [4.78, 5) is 0. The summed E-state index contributed by atoms with van der Waals surface area (Å²) in [6, 6.07) is 3.31. The van der Waals surface area contributed by atoms with Crippen LogP contribution in [0.25, 0.3) is 5.65 Å². The van der Waals surface area contributed by atoms with Gasteiger partial charge in [0.05, 0.1) is 0 Å². The molecule has 2 heterocycles. The number of pyridine rings is 1. The van der Waals surface area contributed by atoms with Gasteiger partial charge in [-0.3, -0.25) is 4.40 Å². The van der Waals surface area contributed by atoms with E-state index in [-0.39, 0.29) is 0 Å². The Labute approximate surface area is 84.9 Å². The van der Waals surface area contributed by atoms with E-state index in [0.29, 0.717) is 11.1 Å². The van der Waals surface area contributed by atoms with Crippen molar-refractivity contribution in [3.63, 3.8) is 0 Å². The fourth-order valence-electron chi connectivity index (χ4n) is 1.18. The zero-order valence-electron chi connectivity index (χ0n) is 7.45. The van der Waals surface area contributed by atoms with Gasteiger partial charge in [-0.1, -0.05) is 17.8 Å². The minimum Gasteiger partial charge on any atom is -0.423 e. The molecule has 0 bridgehead atoms. The van der Waals surface area contributed by atoms with E-state index in [2.05, 4.69) is 10.2 Å². The van der Waals surface area contributed by atoms with Gasteiger partial charge in [-0.2, -0.15) is 0 Å². The van der Waals surface area contributed by atoms with Gasteiger partial charge in [0.15, 0.2) is 10.8 Å². The monoisotopic (exact) mass is 209 g/mol. The number of hydrogen-bond acceptors (Lipinski definition) is 5. The number of fused-ring (bicyclic) bond motifs is 1. The first-order chi connectivity index (χ1) is 6.72. The molecule has 0 radical (unpaired) electrons. The van der Waals surface area contributed by atoms with E-state index >= 15 is 0 Å². The van der Waals surface area contributed by atoms with Crippen molar-refractivity contribution < 1.29 is 10.0 Å². The molecule has 0 aromatic carbocycles. The lowest BCUT2D eigenvalue weighted by molar-refractivity contribution is 0.425. The molecule has 5 nitrogen and oxygen atoms in total. The van der Waals surface area contributed by atoms with Gasteiger partial charge in [-0.15, -0.1) is 10.2 Å². The zero-order chi connectivity index (χ0) is 10.1. The Morgan fingerprint density at radius 3 is 2.79 bits per heavy atom. The molecular weight excluding hydrogens is 201 g/mol. The number of rotatable bonds is 2. The smallest absolute Gasteiger partial charge is 0.423 e. The average molecular weight is 209 g/mol. The molecule has 0 aliphatic rings. The van der Waals surface area contributed by atoms with Gasteiger partial charge in [0.1, 0.15) is 0 Å². The van der Waals surface area contributed by atoms with Crippen LogP contribution in [0.15, 0.2) is 23.5 Å². The molecule has 0 fully saturated rings. The van der Waals surface area contributed by atoms with Crippen molar-refractivity contribution in [2.45, 2.75) is 5.16 Å². The van der Waals surface area contributed by atoms with Crippen molar-refractivity contribution >= 4 is 30.0 Å². The van der Waals surface area contributed by atoms with Crippen molar-refractivity contribution in [1.29, 1.82) is 0 Å². The molecular formula is C7H8BN3O2S. The molecule has 72 valence electrons. The predicted octanol–water partition coefficient (Wildman–Crippen LogP) is -0.869. The van der Waals surface area contributed by atoms with Crippen LogP contribution < -0.4 is 5.46 Å². The molecule has 2 aromatic heterocycles. The summed E-state index contributed by atoms with van der Waals surface area (Å²) in [5, 5.41) is 26.5. The Morgan fingerprint density at radius 2 is 2.14 bits per heavy atom. The summed E-state index contributed by atoms with van der Waals surface area (Å²) in [5.41, 5.74) is 1.12. The largest absolute Gasteiger partial charge is 0.489 e. The normalized spacial score (nSPS) is 10.8. The highest BCUT2D eigenvalue weighted by molar-refractivity contribution is 7.98. The van der Waals surface area contributed by atoms with Crippen molar-refractivity contribution in [3.05, 3.63) is 18.3 Å². The zero-order valence-corrected chi connectivity index (χ0v) is 8.27. The summed E-state index contributed by atoms with van der Waals surface area (Å²) in [5.74, 6) is 0.